The van der Waals surface area contributed by atoms with E-state index in [2.05, 4.69) is 0 Å². The first kappa shape index (κ1) is 16.4. The fraction of sp³-hybridized carbons (Fsp3) is 0.400. The highest BCUT2D eigenvalue weighted by molar-refractivity contribution is 6.31. The number of nitrogens with zero attached hydrogens (tertiary/aromatic N) is 2. The molecule has 2 aliphatic heterocycles. The summed E-state index contributed by atoms with van der Waals surface area (Å²) in [5.74, 6) is -1.25. The predicted octanol–water partition coefficient (Wildman–Crippen LogP) is 2.00. The van der Waals surface area contributed by atoms with Crippen molar-refractivity contribution in [1.82, 2.24) is 9.80 Å². The highest BCUT2D eigenvalue weighted by Crippen LogP contribution is 2.30. The molecule has 2 amide bonds. The van der Waals surface area contributed by atoms with E-state index < -0.39 is 30.3 Å². The number of rotatable bonds is 2. The van der Waals surface area contributed by atoms with Gasteiger partial charge >= 0.3 is 18.2 Å². The predicted molar refractivity (Wildman–Crippen MR) is 81.7 cm³/mol. The van der Waals surface area contributed by atoms with Crippen LogP contribution in [0.15, 0.2) is 18.2 Å². The van der Waals surface area contributed by atoms with Crippen molar-refractivity contribution >= 4 is 29.8 Å². The van der Waals surface area contributed by atoms with Crippen molar-refractivity contribution in [2.75, 3.05) is 6.54 Å². The number of carbonyl (C=O) groups is 3. The van der Waals surface area contributed by atoms with Gasteiger partial charge in [0.05, 0.1) is 13.1 Å². The maximum atomic E-state index is 12.3. The van der Waals surface area contributed by atoms with E-state index in [1.165, 1.54) is 4.90 Å². The Hall–Kier alpha value is -2.48. The minimum absolute atomic E-state index is 0.0606. The average molecular weight is 355 g/mol. The molecule has 2 heterocycles. The summed E-state index contributed by atoms with van der Waals surface area (Å²) in [7, 11) is 0. The molecule has 0 saturated carbocycles. The maximum absolute atomic E-state index is 12.3. The maximum Gasteiger partial charge on any atom is 0.410 e. The molecule has 9 heteroatoms. The zero-order valence-electron chi connectivity index (χ0n) is 12.5. The molecule has 1 aromatic rings. The van der Waals surface area contributed by atoms with Gasteiger partial charge in [0.15, 0.2) is 0 Å². The molecule has 1 aromatic carbocycles. The third kappa shape index (κ3) is 2.96. The van der Waals surface area contributed by atoms with E-state index in [1.54, 1.807) is 12.1 Å². The third-order valence-corrected chi connectivity index (χ3v) is 4.60. The van der Waals surface area contributed by atoms with Gasteiger partial charge in [-0.3, -0.25) is 9.80 Å². The van der Waals surface area contributed by atoms with Gasteiger partial charge in [-0.05, 0) is 17.2 Å². The lowest BCUT2D eigenvalue weighted by Gasteiger charge is -2.19. The van der Waals surface area contributed by atoms with Crippen molar-refractivity contribution < 1.29 is 29.3 Å². The highest BCUT2D eigenvalue weighted by Gasteiger charge is 2.42. The SMILES string of the molecule is O=C(O)[C@@H]1C[C@@H](OC(=O)N2Cc3cccc(Cl)c3C2)CN1C(=O)O. The van der Waals surface area contributed by atoms with Crippen LogP contribution in [-0.4, -0.2) is 56.9 Å². The summed E-state index contributed by atoms with van der Waals surface area (Å²) in [6.07, 6.45) is -2.80. The van der Waals surface area contributed by atoms with E-state index >= 15 is 0 Å². The minimum Gasteiger partial charge on any atom is -0.480 e. The van der Waals surface area contributed by atoms with Crippen molar-refractivity contribution in [2.24, 2.45) is 0 Å². The second-order valence-corrected chi connectivity index (χ2v) is 6.17. The highest BCUT2D eigenvalue weighted by atomic mass is 35.5. The number of benzene rings is 1. The van der Waals surface area contributed by atoms with Crippen LogP contribution in [-0.2, 0) is 22.6 Å². The molecule has 2 N–H and O–H groups in total. The van der Waals surface area contributed by atoms with Crippen LogP contribution in [0.3, 0.4) is 0 Å². The van der Waals surface area contributed by atoms with Gasteiger partial charge in [0.2, 0.25) is 0 Å². The molecule has 0 spiro atoms. The first-order valence-corrected chi connectivity index (χ1v) is 7.68. The van der Waals surface area contributed by atoms with Crippen LogP contribution in [0.25, 0.3) is 0 Å². The minimum atomic E-state index is -1.35. The molecule has 0 unspecified atom stereocenters. The summed E-state index contributed by atoms with van der Waals surface area (Å²) >= 11 is 6.10. The van der Waals surface area contributed by atoms with E-state index in [9.17, 15) is 14.4 Å². The quantitative estimate of drug-likeness (QED) is 0.841. The van der Waals surface area contributed by atoms with Gasteiger partial charge in [0.1, 0.15) is 12.1 Å². The van der Waals surface area contributed by atoms with Crippen molar-refractivity contribution in [3.05, 3.63) is 34.3 Å². The number of hydrogen-bond donors (Lipinski definition) is 2. The fourth-order valence-corrected chi connectivity index (χ4v) is 3.31. The summed E-state index contributed by atoms with van der Waals surface area (Å²) in [5, 5.41) is 18.7. The molecule has 3 rings (SSSR count). The molecule has 1 fully saturated rings. The fourth-order valence-electron chi connectivity index (χ4n) is 3.06. The smallest absolute Gasteiger partial charge is 0.410 e. The van der Waals surface area contributed by atoms with E-state index in [0.29, 0.717) is 18.1 Å². The van der Waals surface area contributed by atoms with Gasteiger partial charge in [-0.2, -0.15) is 0 Å². The molecule has 1 saturated heterocycles. The van der Waals surface area contributed by atoms with Gasteiger partial charge in [0, 0.05) is 18.0 Å². The topological polar surface area (TPSA) is 107 Å². The van der Waals surface area contributed by atoms with Crippen molar-refractivity contribution in [2.45, 2.75) is 31.7 Å². The second kappa shape index (κ2) is 6.20. The van der Waals surface area contributed by atoms with Crippen LogP contribution in [0.1, 0.15) is 17.5 Å². The van der Waals surface area contributed by atoms with Crippen molar-refractivity contribution in [3.8, 4) is 0 Å². The number of hydrogen-bond acceptors (Lipinski definition) is 4. The molecule has 0 aliphatic carbocycles. The largest absolute Gasteiger partial charge is 0.480 e. The number of carbonyl (C=O) groups excluding carboxylic acids is 1. The molecule has 0 bridgehead atoms. The number of carboxylic acid groups (broad SMARTS) is 2. The number of likely N-dealkylation sites (tertiary alicyclic amines) is 1. The summed E-state index contributed by atoms with van der Waals surface area (Å²) in [6, 6.07) is 4.21. The number of carboxylic acids is 1. The van der Waals surface area contributed by atoms with Gasteiger partial charge < -0.3 is 14.9 Å². The lowest BCUT2D eigenvalue weighted by molar-refractivity contribution is -0.141. The third-order valence-electron chi connectivity index (χ3n) is 4.25. The molecular weight excluding hydrogens is 340 g/mol. The van der Waals surface area contributed by atoms with Gasteiger partial charge in [-0.25, -0.2) is 14.4 Å². The van der Waals surface area contributed by atoms with E-state index in [4.69, 9.17) is 26.6 Å². The average Bonchev–Trinajstić information content (AvgIpc) is 3.12. The number of amides is 2. The first-order valence-electron chi connectivity index (χ1n) is 7.31. The van der Waals surface area contributed by atoms with E-state index in [0.717, 1.165) is 16.0 Å². The van der Waals surface area contributed by atoms with Crippen LogP contribution in [0.4, 0.5) is 9.59 Å². The van der Waals surface area contributed by atoms with E-state index in [1.807, 2.05) is 6.07 Å². The number of ether oxygens (including phenoxy) is 1. The normalized spacial score (nSPS) is 22.4. The Morgan fingerprint density at radius 3 is 2.54 bits per heavy atom. The molecule has 0 radical (unpaired) electrons. The van der Waals surface area contributed by atoms with Crippen molar-refractivity contribution in [1.29, 1.82) is 0 Å². The first-order chi connectivity index (χ1) is 11.4. The van der Waals surface area contributed by atoms with Crippen LogP contribution in [0, 0.1) is 0 Å². The van der Waals surface area contributed by atoms with Gasteiger partial charge in [0.25, 0.3) is 0 Å². The Kier molecular flexibility index (Phi) is 4.23. The number of fused-ring (bicyclic) bond motifs is 1. The Balaban J connectivity index is 1.64. The molecular formula is C15H15ClN2O6. The van der Waals surface area contributed by atoms with Crippen molar-refractivity contribution in [3.63, 3.8) is 0 Å². The molecule has 24 heavy (non-hydrogen) atoms. The van der Waals surface area contributed by atoms with E-state index in [-0.39, 0.29) is 13.0 Å². The second-order valence-electron chi connectivity index (χ2n) is 5.76. The summed E-state index contributed by atoms with van der Waals surface area (Å²) in [6.45, 7) is 0.512. The Morgan fingerprint density at radius 2 is 1.96 bits per heavy atom. The summed E-state index contributed by atoms with van der Waals surface area (Å²) < 4.78 is 5.30. The van der Waals surface area contributed by atoms with Crippen LogP contribution in [0.5, 0.6) is 0 Å². The Labute approximate surface area is 142 Å². The Bertz CT molecular complexity index is 687. The number of aliphatic carboxylic acids is 1. The van der Waals surface area contributed by atoms with Gasteiger partial charge in [-0.15, -0.1) is 0 Å². The van der Waals surface area contributed by atoms with Crippen LogP contribution >= 0.6 is 11.6 Å². The van der Waals surface area contributed by atoms with Crippen LogP contribution < -0.4 is 0 Å². The number of halogens is 1. The lowest BCUT2D eigenvalue weighted by atomic mass is 10.1. The monoisotopic (exact) mass is 354 g/mol. The van der Waals surface area contributed by atoms with Crippen LogP contribution in [0.2, 0.25) is 5.02 Å². The van der Waals surface area contributed by atoms with Gasteiger partial charge in [-0.1, -0.05) is 23.7 Å². The Morgan fingerprint density at radius 1 is 1.21 bits per heavy atom. The zero-order chi connectivity index (χ0) is 17.4. The molecule has 8 nitrogen and oxygen atoms in total. The molecule has 2 atom stereocenters. The zero-order valence-corrected chi connectivity index (χ0v) is 13.3. The summed E-state index contributed by atoms with van der Waals surface area (Å²) in [5.41, 5.74) is 1.79. The molecule has 128 valence electrons. The standard InChI is InChI=1S/C15H15ClN2O6/c16-11-3-1-2-8-5-17(7-10(8)11)15(23)24-9-4-12(13(19)20)18(6-9)14(21)22/h1-3,9,12H,4-7H2,(H,19,20)(H,21,22)/t9-,12+/m1/s1. The summed E-state index contributed by atoms with van der Waals surface area (Å²) in [4.78, 5) is 36.7. The lowest BCUT2D eigenvalue weighted by Crippen LogP contribution is -2.39. The molecule has 0 aromatic heterocycles. The molecule has 2 aliphatic rings.